The lowest BCUT2D eigenvalue weighted by atomic mass is 10.4. The Morgan fingerprint density at radius 3 is 3.08 bits per heavy atom. The van der Waals surface area contributed by atoms with Crippen LogP contribution in [0.5, 0.6) is 0 Å². The molecule has 0 unspecified atom stereocenters. The Bertz CT molecular complexity index is 249. The third-order valence-electron chi connectivity index (χ3n) is 1.51. The van der Waals surface area contributed by atoms with Crippen molar-refractivity contribution in [3.05, 3.63) is 16.6 Å². The SMILES string of the molecule is O=C(O)CCNCCc1nccs1. The van der Waals surface area contributed by atoms with Crippen molar-refractivity contribution in [2.24, 2.45) is 0 Å². The number of rotatable bonds is 6. The molecule has 0 saturated heterocycles. The highest BCUT2D eigenvalue weighted by Crippen LogP contribution is 2.03. The van der Waals surface area contributed by atoms with Gasteiger partial charge in [0.1, 0.15) is 0 Å². The second-order valence-corrected chi connectivity index (χ2v) is 3.55. The molecule has 0 radical (unpaired) electrons. The number of carbonyl (C=O) groups is 1. The van der Waals surface area contributed by atoms with Crippen molar-refractivity contribution in [2.75, 3.05) is 13.1 Å². The van der Waals surface area contributed by atoms with Crippen LogP contribution in [0.15, 0.2) is 11.6 Å². The molecule has 1 aromatic rings. The van der Waals surface area contributed by atoms with Gasteiger partial charge in [-0.25, -0.2) is 4.98 Å². The van der Waals surface area contributed by atoms with Crippen LogP contribution in [0.3, 0.4) is 0 Å². The first-order valence-corrected chi connectivity index (χ1v) is 4.98. The second-order valence-electron chi connectivity index (χ2n) is 2.57. The van der Waals surface area contributed by atoms with Crippen LogP contribution in [0.1, 0.15) is 11.4 Å². The van der Waals surface area contributed by atoms with Gasteiger partial charge >= 0.3 is 5.97 Å². The molecule has 2 N–H and O–H groups in total. The molecule has 13 heavy (non-hydrogen) atoms. The summed E-state index contributed by atoms with van der Waals surface area (Å²) in [6.07, 6.45) is 2.83. The lowest BCUT2D eigenvalue weighted by Gasteiger charge is -1.99. The Hall–Kier alpha value is -0.940. The maximum atomic E-state index is 10.1. The first-order chi connectivity index (χ1) is 6.29. The van der Waals surface area contributed by atoms with E-state index < -0.39 is 5.97 Å². The summed E-state index contributed by atoms with van der Waals surface area (Å²) in [5.74, 6) is -0.762. The smallest absolute Gasteiger partial charge is 0.304 e. The third-order valence-corrected chi connectivity index (χ3v) is 2.35. The first kappa shape index (κ1) is 10.1. The van der Waals surface area contributed by atoms with E-state index in [2.05, 4.69) is 10.3 Å². The fourth-order valence-electron chi connectivity index (χ4n) is 0.892. The second kappa shape index (κ2) is 5.66. The number of aliphatic carboxylic acids is 1. The summed E-state index contributed by atoms with van der Waals surface area (Å²) in [4.78, 5) is 14.3. The maximum absolute atomic E-state index is 10.1. The van der Waals surface area contributed by atoms with Crippen LogP contribution in [0, 0.1) is 0 Å². The van der Waals surface area contributed by atoms with E-state index in [-0.39, 0.29) is 6.42 Å². The predicted molar refractivity (Wildman–Crippen MR) is 50.9 cm³/mol. The lowest BCUT2D eigenvalue weighted by Crippen LogP contribution is -2.20. The first-order valence-electron chi connectivity index (χ1n) is 4.10. The van der Waals surface area contributed by atoms with E-state index in [1.807, 2.05) is 5.38 Å². The van der Waals surface area contributed by atoms with E-state index in [1.54, 1.807) is 17.5 Å². The molecule has 1 heterocycles. The summed E-state index contributed by atoms with van der Waals surface area (Å²) in [7, 11) is 0. The highest BCUT2D eigenvalue weighted by molar-refractivity contribution is 7.09. The molecule has 5 heteroatoms. The Labute approximate surface area is 80.6 Å². The topological polar surface area (TPSA) is 62.2 Å². The largest absolute Gasteiger partial charge is 0.481 e. The number of hydrogen-bond acceptors (Lipinski definition) is 4. The molecule has 72 valence electrons. The van der Waals surface area contributed by atoms with E-state index >= 15 is 0 Å². The van der Waals surface area contributed by atoms with E-state index in [0.29, 0.717) is 6.54 Å². The van der Waals surface area contributed by atoms with E-state index in [1.165, 1.54) is 0 Å². The number of nitrogens with zero attached hydrogens (tertiary/aromatic N) is 1. The van der Waals surface area contributed by atoms with Gasteiger partial charge in [-0.1, -0.05) is 0 Å². The number of nitrogens with one attached hydrogen (secondary N) is 1. The van der Waals surface area contributed by atoms with Crippen LogP contribution in [-0.2, 0) is 11.2 Å². The third kappa shape index (κ3) is 4.59. The van der Waals surface area contributed by atoms with Gasteiger partial charge in [0.15, 0.2) is 0 Å². The van der Waals surface area contributed by atoms with Crippen molar-refractivity contribution in [2.45, 2.75) is 12.8 Å². The average molecular weight is 200 g/mol. The molecule has 0 atom stereocenters. The van der Waals surface area contributed by atoms with Crippen molar-refractivity contribution >= 4 is 17.3 Å². The van der Waals surface area contributed by atoms with Gasteiger partial charge in [-0.05, 0) is 0 Å². The minimum absolute atomic E-state index is 0.178. The Morgan fingerprint density at radius 2 is 2.46 bits per heavy atom. The van der Waals surface area contributed by atoms with Gasteiger partial charge in [0.25, 0.3) is 0 Å². The van der Waals surface area contributed by atoms with Gasteiger partial charge in [0.05, 0.1) is 11.4 Å². The minimum atomic E-state index is -0.762. The summed E-state index contributed by atoms with van der Waals surface area (Å²) in [6.45, 7) is 1.32. The highest BCUT2D eigenvalue weighted by Gasteiger charge is 1.97. The zero-order valence-electron chi connectivity index (χ0n) is 7.19. The molecule has 0 amide bonds. The normalized spacial score (nSPS) is 10.2. The zero-order chi connectivity index (χ0) is 9.52. The quantitative estimate of drug-likeness (QED) is 0.665. The van der Waals surface area contributed by atoms with Gasteiger partial charge in [0.2, 0.25) is 0 Å². The zero-order valence-corrected chi connectivity index (χ0v) is 8.01. The molecule has 0 aliphatic heterocycles. The van der Waals surface area contributed by atoms with Crippen LogP contribution in [0.25, 0.3) is 0 Å². The summed E-state index contributed by atoms with van der Waals surface area (Å²) in [6, 6.07) is 0. The van der Waals surface area contributed by atoms with Gasteiger partial charge in [0, 0.05) is 31.1 Å². The number of thiazole rings is 1. The van der Waals surface area contributed by atoms with Crippen LogP contribution < -0.4 is 5.32 Å². The maximum Gasteiger partial charge on any atom is 0.304 e. The molecule has 0 aromatic carbocycles. The highest BCUT2D eigenvalue weighted by atomic mass is 32.1. The van der Waals surface area contributed by atoms with Crippen LogP contribution in [0.4, 0.5) is 0 Å². The van der Waals surface area contributed by atoms with Crippen molar-refractivity contribution in [3.8, 4) is 0 Å². The summed E-state index contributed by atoms with van der Waals surface area (Å²) < 4.78 is 0. The Balaban J connectivity index is 1.99. The van der Waals surface area contributed by atoms with E-state index in [9.17, 15) is 4.79 Å². The Kier molecular flexibility index (Phi) is 4.42. The molecular weight excluding hydrogens is 188 g/mol. The molecule has 0 fully saturated rings. The van der Waals surface area contributed by atoms with Crippen molar-refractivity contribution in [1.82, 2.24) is 10.3 Å². The van der Waals surface area contributed by atoms with Crippen LogP contribution >= 0.6 is 11.3 Å². The fourth-order valence-corrected chi connectivity index (χ4v) is 1.51. The minimum Gasteiger partial charge on any atom is -0.481 e. The molecule has 4 nitrogen and oxygen atoms in total. The number of carboxylic acid groups (broad SMARTS) is 1. The monoisotopic (exact) mass is 200 g/mol. The van der Waals surface area contributed by atoms with E-state index in [0.717, 1.165) is 18.0 Å². The van der Waals surface area contributed by atoms with Gasteiger partial charge in [-0.2, -0.15) is 0 Å². The van der Waals surface area contributed by atoms with Crippen molar-refractivity contribution in [1.29, 1.82) is 0 Å². The molecular formula is C8H12N2O2S. The van der Waals surface area contributed by atoms with Crippen molar-refractivity contribution in [3.63, 3.8) is 0 Å². The number of aromatic nitrogens is 1. The number of carboxylic acids is 1. The standard InChI is InChI=1S/C8H12N2O2S/c11-8(12)2-4-9-3-1-7-10-5-6-13-7/h5-6,9H,1-4H2,(H,11,12). The molecule has 0 spiro atoms. The summed E-state index contributed by atoms with van der Waals surface area (Å²) >= 11 is 1.62. The van der Waals surface area contributed by atoms with Crippen LogP contribution in [0.2, 0.25) is 0 Å². The summed E-state index contributed by atoms with van der Waals surface area (Å²) in [5, 5.41) is 14.4. The lowest BCUT2D eigenvalue weighted by molar-refractivity contribution is -0.136. The molecule has 1 rings (SSSR count). The number of hydrogen-bond donors (Lipinski definition) is 2. The molecule has 1 aromatic heterocycles. The Morgan fingerprint density at radius 1 is 1.62 bits per heavy atom. The van der Waals surface area contributed by atoms with Gasteiger partial charge in [-0.3, -0.25) is 4.79 Å². The molecule has 0 aliphatic rings. The van der Waals surface area contributed by atoms with Gasteiger partial charge in [-0.15, -0.1) is 11.3 Å². The van der Waals surface area contributed by atoms with Gasteiger partial charge < -0.3 is 10.4 Å². The van der Waals surface area contributed by atoms with Crippen molar-refractivity contribution < 1.29 is 9.90 Å². The van der Waals surface area contributed by atoms with E-state index in [4.69, 9.17) is 5.11 Å². The molecule has 0 bridgehead atoms. The summed E-state index contributed by atoms with van der Waals surface area (Å²) in [5.41, 5.74) is 0. The average Bonchev–Trinajstić information content (AvgIpc) is 2.55. The fraction of sp³-hybridized carbons (Fsp3) is 0.500. The predicted octanol–water partition coefficient (Wildman–Crippen LogP) is 0.750. The molecule has 0 aliphatic carbocycles. The molecule has 0 saturated carbocycles. The van der Waals surface area contributed by atoms with Crippen LogP contribution in [-0.4, -0.2) is 29.1 Å².